The molecule has 0 saturated heterocycles. The first-order valence-corrected chi connectivity index (χ1v) is 8.58. The SMILES string of the molecule is CCOc1ccc(NC(=O)/C(C#N)=C\c2ccc(O[C@@H](C)C(=O)O)cc2)cc1. The Bertz CT molecular complexity index is 896. The molecular formula is C21H20N2O5. The number of nitrogens with one attached hydrogen (secondary N) is 1. The molecule has 28 heavy (non-hydrogen) atoms. The number of rotatable bonds is 8. The van der Waals surface area contributed by atoms with Gasteiger partial charge in [0, 0.05) is 5.69 Å². The number of amides is 1. The van der Waals surface area contributed by atoms with Crippen LogP contribution in [0.2, 0.25) is 0 Å². The van der Waals surface area contributed by atoms with E-state index in [1.165, 1.54) is 13.0 Å². The van der Waals surface area contributed by atoms with Crippen LogP contribution in [0.5, 0.6) is 11.5 Å². The van der Waals surface area contributed by atoms with Gasteiger partial charge in [-0.25, -0.2) is 4.79 Å². The lowest BCUT2D eigenvalue weighted by atomic mass is 10.1. The van der Waals surface area contributed by atoms with Gasteiger partial charge in [0.25, 0.3) is 5.91 Å². The average molecular weight is 380 g/mol. The van der Waals surface area contributed by atoms with Crippen LogP contribution in [-0.2, 0) is 9.59 Å². The van der Waals surface area contributed by atoms with Gasteiger partial charge in [0.15, 0.2) is 6.10 Å². The number of anilines is 1. The summed E-state index contributed by atoms with van der Waals surface area (Å²) in [7, 11) is 0. The van der Waals surface area contributed by atoms with Crippen LogP contribution in [0.15, 0.2) is 54.1 Å². The maximum absolute atomic E-state index is 12.3. The minimum Gasteiger partial charge on any atom is -0.494 e. The molecule has 0 saturated carbocycles. The summed E-state index contributed by atoms with van der Waals surface area (Å²) in [5, 5.41) is 20.8. The molecule has 0 unspecified atom stereocenters. The van der Waals surface area contributed by atoms with E-state index in [2.05, 4.69) is 5.32 Å². The third-order valence-electron chi connectivity index (χ3n) is 3.64. The number of carbonyl (C=O) groups is 2. The van der Waals surface area contributed by atoms with Gasteiger partial charge in [-0.3, -0.25) is 4.79 Å². The predicted octanol–water partition coefficient (Wildman–Crippen LogP) is 3.48. The minimum absolute atomic E-state index is 0.0681. The summed E-state index contributed by atoms with van der Waals surface area (Å²) in [4.78, 5) is 23.1. The third kappa shape index (κ3) is 5.88. The summed E-state index contributed by atoms with van der Waals surface area (Å²) < 4.78 is 10.6. The molecule has 144 valence electrons. The molecule has 7 nitrogen and oxygen atoms in total. The minimum atomic E-state index is -1.07. The summed E-state index contributed by atoms with van der Waals surface area (Å²) >= 11 is 0. The van der Waals surface area contributed by atoms with Gasteiger partial charge in [0.1, 0.15) is 23.1 Å². The van der Waals surface area contributed by atoms with Crippen LogP contribution in [0, 0.1) is 11.3 Å². The van der Waals surface area contributed by atoms with Crippen molar-refractivity contribution < 1.29 is 24.2 Å². The number of hydrogen-bond donors (Lipinski definition) is 2. The highest BCUT2D eigenvalue weighted by Gasteiger charge is 2.13. The molecule has 1 atom stereocenters. The molecule has 0 heterocycles. The lowest BCUT2D eigenvalue weighted by molar-refractivity contribution is -0.144. The monoisotopic (exact) mass is 380 g/mol. The van der Waals surface area contributed by atoms with Gasteiger partial charge in [-0.05, 0) is 61.9 Å². The Morgan fingerprint density at radius 1 is 1.14 bits per heavy atom. The molecule has 2 N–H and O–H groups in total. The first-order valence-electron chi connectivity index (χ1n) is 8.58. The zero-order chi connectivity index (χ0) is 20.5. The Kier molecular flexibility index (Phi) is 7.17. The number of aliphatic carboxylic acids is 1. The van der Waals surface area contributed by atoms with Gasteiger partial charge in [0.05, 0.1) is 6.61 Å². The fourth-order valence-corrected chi connectivity index (χ4v) is 2.21. The number of ether oxygens (including phenoxy) is 2. The Labute approximate surface area is 162 Å². The van der Waals surface area contributed by atoms with Crippen molar-refractivity contribution in [2.24, 2.45) is 0 Å². The van der Waals surface area contributed by atoms with Crippen LogP contribution in [0.25, 0.3) is 6.08 Å². The Balaban J connectivity index is 2.06. The molecule has 0 fully saturated rings. The Hall–Kier alpha value is -3.79. The summed E-state index contributed by atoms with van der Waals surface area (Å²) in [6.45, 7) is 3.85. The quantitative estimate of drug-likeness (QED) is 0.536. The summed E-state index contributed by atoms with van der Waals surface area (Å²) in [5.41, 5.74) is 1.08. The number of carboxylic acids is 1. The van der Waals surface area contributed by atoms with Crippen molar-refractivity contribution in [3.05, 3.63) is 59.7 Å². The highest BCUT2D eigenvalue weighted by atomic mass is 16.5. The molecule has 0 radical (unpaired) electrons. The molecule has 0 aliphatic carbocycles. The zero-order valence-corrected chi connectivity index (χ0v) is 15.5. The summed E-state index contributed by atoms with van der Waals surface area (Å²) in [6.07, 6.45) is 0.463. The van der Waals surface area contributed by atoms with Gasteiger partial charge in [0.2, 0.25) is 0 Å². The highest BCUT2D eigenvalue weighted by Crippen LogP contribution is 2.18. The smallest absolute Gasteiger partial charge is 0.344 e. The second kappa shape index (κ2) is 9.78. The molecule has 2 aromatic carbocycles. The van der Waals surface area contributed by atoms with Gasteiger partial charge in [-0.1, -0.05) is 12.1 Å². The number of nitrogens with zero attached hydrogens (tertiary/aromatic N) is 1. The van der Waals surface area contributed by atoms with Gasteiger partial charge >= 0.3 is 5.97 Å². The fourth-order valence-electron chi connectivity index (χ4n) is 2.21. The van der Waals surface area contributed by atoms with Crippen molar-refractivity contribution in [3.63, 3.8) is 0 Å². The molecule has 0 aliphatic heterocycles. The van der Waals surface area contributed by atoms with E-state index in [4.69, 9.17) is 14.6 Å². The van der Waals surface area contributed by atoms with E-state index in [0.717, 1.165) is 0 Å². The Morgan fingerprint density at radius 3 is 2.29 bits per heavy atom. The lowest BCUT2D eigenvalue weighted by Crippen LogP contribution is -2.22. The zero-order valence-electron chi connectivity index (χ0n) is 15.5. The van der Waals surface area contributed by atoms with E-state index in [9.17, 15) is 14.9 Å². The largest absolute Gasteiger partial charge is 0.494 e. The van der Waals surface area contributed by atoms with Gasteiger partial charge < -0.3 is 19.9 Å². The molecule has 0 spiro atoms. The van der Waals surface area contributed by atoms with E-state index in [1.54, 1.807) is 48.5 Å². The first kappa shape index (κ1) is 20.5. The first-order chi connectivity index (χ1) is 13.4. The van der Waals surface area contributed by atoms with Crippen molar-refractivity contribution in [2.75, 3.05) is 11.9 Å². The number of nitriles is 1. The fraction of sp³-hybridized carbons (Fsp3) is 0.190. The van der Waals surface area contributed by atoms with Crippen LogP contribution in [0.3, 0.4) is 0 Å². The van der Waals surface area contributed by atoms with Gasteiger partial charge in [-0.15, -0.1) is 0 Å². The van der Waals surface area contributed by atoms with Crippen molar-refractivity contribution >= 4 is 23.6 Å². The van der Waals surface area contributed by atoms with Crippen molar-refractivity contribution in [3.8, 4) is 17.6 Å². The van der Waals surface area contributed by atoms with E-state index >= 15 is 0 Å². The molecular weight excluding hydrogens is 360 g/mol. The number of hydrogen-bond acceptors (Lipinski definition) is 5. The molecule has 0 aromatic heterocycles. The number of benzene rings is 2. The van der Waals surface area contributed by atoms with Crippen molar-refractivity contribution in [1.82, 2.24) is 0 Å². The van der Waals surface area contributed by atoms with E-state index in [-0.39, 0.29) is 5.57 Å². The molecule has 2 aromatic rings. The Morgan fingerprint density at radius 2 is 1.75 bits per heavy atom. The molecule has 2 rings (SSSR count). The van der Waals surface area contributed by atoms with Crippen LogP contribution in [0.1, 0.15) is 19.4 Å². The maximum atomic E-state index is 12.3. The van der Waals surface area contributed by atoms with E-state index < -0.39 is 18.0 Å². The van der Waals surface area contributed by atoms with Gasteiger partial charge in [-0.2, -0.15) is 5.26 Å². The molecule has 1 amide bonds. The average Bonchev–Trinajstić information content (AvgIpc) is 2.68. The second-order valence-corrected chi connectivity index (χ2v) is 5.75. The topological polar surface area (TPSA) is 109 Å². The van der Waals surface area contributed by atoms with Crippen molar-refractivity contribution in [2.45, 2.75) is 20.0 Å². The highest BCUT2D eigenvalue weighted by molar-refractivity contribution is 6.09. The van der Waals surface area contributed by atoms with Crippen LogP contribution < -0.4 is 14.8 Å². The van der Waals surface area contributed by atoms with Crippen LogP contribution in [0.4, 0.5) is 5.69 Å². The summed E-state index contributed by atoms with van der Waals surface area (Å²) in [5.74, 6) is -0.534. The predicted molar refractivity (Wildman–Crippen MR) is 104 cm³/mol. The molecule has 0 aliphatic rings. The van der Waals surface area contributed by atoms with E-state index in [1.807, 2.05) is 13.0 Å². The van der Waals surface area contributed by atoms with Crippen LogP contribution in [-0.4, -0.2) is 29.7 Å². The third-order valence-corrected chi connectivity index (χ3v) is 3.64. The molecule has 7 heteroatoms. The van der Waals surface area contributed by atoms with Crippen molar-refractivity contribution in [1.29, 1.82) is 5.26 Å². The van der Waals surface area contributed by atoms with E-state index in [0.29, 0.717) is 29.4 Å². The van der Waals surface area contributed by atoms with Crippen LogP contribution >= 0.6 is 0 Å². The standard InChI is InChI=1S/C21H20N2O5/c1-3-27-18-10-6-17(7-11-18)23-20(24)16(13-22)12-15-4-8-19(9-5-15)28-14(2)21(25)26/h4-12,14H,3H2,1-2H3,(H,23,24)(H,25,26)/b16-12-/t14-/m0/s1. The lowest BCUT2D eigenvalue weighted by Gasteiger charge is -2.10. The maximum Gasteiger partial charge on any atom is 0.344 e. The summed E-state index contributed by atoms with van der Waals surface area (Å²) in [6, 6.07) is 15.1. The second-order valence-electron chi connectivity index (χ2n) is 5.75. The molecule has 0 bridgehead atoms. The normalized spacial score (nSPS) is 11.8. The number of carboxylic acid groups (broad SMARTS) is 1. The number of carbonyl (C=O) groups excluding carboxylic acids is 1.